The van der Waals surface area contributed by atoms with Crippen molar-refractivity contribution in [3.8, 4) is 0 Å². The third kappa shape index (κ3) is 18.7. The lowest BCUT2D eigenvalue weighted by atomic mass is 10.1. The summed E-state index contributed by atoms with van der Waals surface area (Å²) in [6.45, 7) is 6.31. The SMILES string of the molecule is CCCCCCCCCCCCNC(CCOCCC(=O)O)C(C)OCCO. The molecule has 0 aromatic carbocycles. The number of hydrogen-bond acceptors (Lipinski definition) is 5. The topological polar surface area (TPSA) is 88.0 Å². The normalized spacial score (nSPS) is 13.5. The molecule has 0 radical (unpaired) electrons. The van der Waals surface area contributed by atoms with Gasteiger partial charge in [0, 0.05) is 12.6 Å². The van der Waals surface area contributed by atoms with Crippen LogP contribution in [0.3, 0.4) is 0 Å². The van der Waals surface area contributed by atoms with Crippen molar-refractivity contribution >= 4 is 5.97 Å². The molecule has 28 heavy (non-hydrogen) atoms. The number of aliphatic hydroxyl groups is 1. The van der Waals surface area contributed by atoms with Crippen LogP contribution in [-0.4, -0.2) is 61.3 Å². The molecule has 0 heterocycles. The van der Waals surface area contributed by atoms with E-state index in [4.69, 9.17) is 19.7 Å². The summed E-state index contributed by atoms with van der Waals surface area (Å²) in [6, 6.07) is 0.148. The molecule has 0 saturated carbocycles. The Kier molecular flexibility index (Phi) is 20.5. The van der Waals surface area contributed by atoms with Gasteiger partial charge in [-0.1, -0.05) is 64.7 Å². The van der Waals surface area contributed by atoms with E-state index in [1.54, 1.807) is 0 Å². The predicted octanol–water partition coefficient (Wildman–Crippen LogP) is 4.14. The second kappa shape index (κ2) is 21.0. The maximum absolute atomic E-state index is 10.5. The van der Waals surface area contributed by atoms with E-state index in [2.05, 4.69) is 12.2 Å². The van der Waals surface area contributed by atoms with Crippen LogP contribution >= 0.6 is 0 Å². The minimum atomic E-state index is -0.838. The third-order valence-corrected chi connectivity index (χ3v) is 5.01. The predicted molar refractivity (Wildman–Crippen MR) is 114 cm³/mol. The molecule has 0 spiro atoms. The number of unbranched alkanes of at least 4 members (excludes halogenated alkanes) is 9. The summed E-state index contributed by atoms with van der Waals surface area (Å²) in [5.74, 6) is -0.838. The van der Waals surface area contributed by atoms with Crippen LogP contribution in [0.15, 0.2) is 0 Å². The molecule has 6 heteroatoms. The number of aliphatic hydroxyl groups excluding tert-OH is 1. The van der Waals surface area contributed by atoms with E-state index >= 15 is 0 Å². The van der Waals surface area contributed by atoms with Gasteiger partial charge in [0.2, 0.25) is 0 Å². The largest absolute Gasteiger partial charge is 0.481 e. The van der Waals surface area contributed by atoms with Crippen LogP contribution in [0, 0.1) is 0 Å². The molecule has 0 fully saturated rings. The Morgan fingerprint density at radius 2 is 1.54 bits per heavy atom. The number of nitrogens with one attached hydrogen (secondary N) is 1. The first-order valence-corrected chi connectivity index (χ1v) is 11.4. The second-order valence-electron chi connectivity index (χ2n) is 7.59. The second-order valence-corrected chi connectivity index (χ2v) is 7.59. The van der Waals surface area contributed by atoms with E-state index < -0.39 is 5.97 Å². The molecule has 0 aliphatic heterocycles. The first-order valence-electron chi connectivity index (χ1n) is 11.4. The highest BCUT2D eigenvalue weighted by atomic mass is 16.5. The Labute approximate surface area is 172 Å². The lowest BCUT2D eigenvalue weighted by molar-refractivity contribution is -0.138. The van der Waals surface area contributed by atoms with Gasteiger partial charge in [-0.15, -0.1) is 0 Å². The average Bonchev–Trinajstić information content (AvgIpc) is 2.68. The quantitative estimate of drug-likeness (QED) is 0.235. The highest BCUT2D eigenvalue weighted by molar-refractivity contribution is 5.66. The maximum atomic E-state index is 10.5. The molecule has 0 rings (SSSR count). The maximum Gasteiger partial charge on any atom is 0.305 e. The van der Waals surface area contributed by atoms with Crippen molar-refractivity contribution in [2.75, 3.05) is 33.0 Å². The molecule has 0 amide bonds. The van der Waals surface area contributed by atoms with Gasteiger partial charge in [-0.25, -0.2) is 0 Å². The smallest absolute Gasteiger partial charge is 0.305 e. The van der Waals surface area contributed by atoms with Gasteiger partial charge >= 0.3 is 5.97 Å². The van der Waals surface area contributed by atoms with Gasteiger partial charge in [-0.05, 0) is 26.3 Å². The number of carboxylic acid groups (broad SMARTS) is 1. The fourth-order valence-corrected chi connectivity index (χ4v) is 3.23. The Morgan fingerprint density at radius 3 is 2.11 bits per heavy atom. The zero-order valence-electron chi connectivity index (χ0n) is 18.3. The molecular weight excluding hydrogens is 358 g/mol. The molecule has 0 aliphatic carbocycles. The first kappa shape index (κ1) is 27.3. The molecule has 0 bridgehead atoms. The summed E-state index contributed by atoms with van der Waals surface area (Å²) in [5.41, 5.74) is 0. The number of rotatable bonds is 22. The lowest BCUT2D eigenvalue weighted by Crippen LogP contribution is -2.41. The highest BCUT2D eigenvalue weighted by Gasteiger charge is 2.17. The summed E-state index contributed by atoms with van der Waals surface area (Å²) < 4.78 is 11.0. The van der Waals surface area contributed by atoms with Crippen molar-refractivity contribution in [1.82, 2.24) is 5.32 Å². The Hall–Kier alpha value is -0.690. The molecular formula is C22H45NO5. The fourth-order valence-electron chi connectivity index (χ4n) is 3.23. The first-order chi connectivity index (χ1) is 13.6. The lowest BCUT2D eigenvalue weighted by Gasteiger charge is -2.25. The van der Waals surface area contributed by atoms with E-state index in [1.165, 1.54) is 57.8 Å². The number of carbonyl (C=O) groups is 1. The zero-order valence-corrected chi connectivity index (χ0v) is 18.3. The van der Waals surface area contributed by atoms with Crippen LogP contribution in [0.4, 0.5) is 0 Å². The van der Waals surface area contributed by atoms with Crippen molar-refractivity contribution in [3.05, 3.63) is 0 Å². The van der Waals surface area contributed by atoms with Crippen molar-refractivity contribution in [3.63, 3.8) is 0 Å². The van der Waals surface area contributed by atoms with E-state index in [-0.39, 0.29) is 31.8 Å². The molecule has 0 aromatic rings. The third-order valence-electron chi connectivity index (χ3n) is 5.01. The van der Waals surface area contributed by atoms with Gasteiger partial charge < -0.3 is 25.0 Å². The van der Waals surface area contributed by atoms with E-state index in [0.29, 0.717) is 13.2 Å². The minimum absolute atomic E-state index is 0.0154. The van der Waals surface area contributed by atoms with Crippen molar-refractivity contribution in [1.29, 1.82) is 0 Å². The van der Waals surface area contributed by atoms with Crippen LogP contribution in [0.25, 0.3) is 0 Å². The number of aliphatic carboxylic acids is 1. The Bertz CT molecular complexity index is 341. The van der Waals surface area contributed by atoms with Gasteiger partial charge in [0.25, 0.3) is 0 Å². The zero-order chi connectivity index (χ0) is 20.9. The van der Waals surface area contributed by atoms with Crippen LogP contribution in [0.2, 0.25) is 0 Å². The molecule has 0 aromatic heterocycles. The summed E-state index contributed by atoms with van der Waals surface area (Å²) in [5, 5.41) is 21.1. The molecule has 0 saturated heterocycles. The number of carboxylic acids is 1. The van der Waals surface area contributed by atoms with Crippen LogP contribution in [0.1, 0.15) is 90.9 Å². The Morgan fingerprint density at radius 1 is 0.929 bits per heavy atom. The highest BCUT2D eigenvalue weighted by Crippen LogP contribution is 2.11. The summed E-state index contributed by atoms with van der Waals surface area (Å²) >= 11 is 0. The fraction of sp³-hybridized carbons (Fsp3) is 0.955. The van der Waals surface area contributed by atoms with Gasteiger partial charge in [-0.3, -0.25) is 4.79 Å². The average molecular weight is 404 g/mol. The minimum Gasteiger partial charge on any atom is -0.481 e. The van der Waals surface area contributed by atoms with Crippen LogP contribution < -0.4 is 5.32 Å². The standard InChI is InChI=1S/C22H45NO5/c1-3-4-5-6-7-8-9-10-11-12-15-23-21(20(2)28-19-16-24)13-17-27-18-14-22(25)26/h20-21,23-24H,3-19H2,1-2H3,(H,25,26). The molecule has 2 unspecified atom stereocenters. The van der Waals surface area contributed by atoms with E-state index in [9.17, 15) is 4.79 Å². The van der Waals surface area contributed by atoms with Crippen molar-refractivity contribution < 1.29 is 24.5 Å². The number of ether oxygens (including phenoxy) is 2. The molecule has 3 N–H and O–H groups in total. The van der Waals surface area contributed by atoms with E-state index in [1.807, 2.05) is 6.92 Å². The van der Waals surface area contributed by atoms with Gasteiger partial charge in [0.05, 0.1) is 32.3 Å². The van der Waals surface area contributed by atoms with Crippen LogP contribution in [0.5, 0.6) is 0 Å². The van der Waals surface area contributed by atoms with Gasteiger partial charge in [0.1, 0.15) is 0 Å². The summed E-state index contributed by atoms with van der Waals surface area (Å²) in [7, 11) is 0. The molecule has 6 nitrogen and oxygen atoms in total. The summed E-state index contributed by atoms with van der Waals surface area (Å²) in [6.07, 6.45) is 14.0. The van der Waals surface area contributed by atoms with Crippen molar-refractivity contribution in [2.24, 2.45) is 0 Å². The molecule has 168 valence electrons. The van der Waals surface area contributed by atoms with Crippen molar-refractivity contribution in [2.45, 2.75) is 103 Å². The summed E-state index contributed by atoms with van der Waals surface area (Å²) in [4.78, 5) is 10.5. The van der Waals surface area contributed by atoms with Crippen LogP contribution in [-0.2, 0) is 14.3 Å². The van der Waals surface area contributed by atoms with Gasteiger partial charge in [-0.2, -0.15) is 0 Å². The van der Waals surface area contributed by atoms with E-state index in [0.717, 1.165) is 19.4 Å². The number of hydrogen-bond donors (Lipinski definition) is 3. The van der Waals surface area contributed by atoms with Gasteiger partial charge in [0.15, 0.2) is 0 Å². The Balaban J connectivity index is 3.80. The molecule has 2 atom stereocenters. The monoisotopic (exact) mass is 403 g/mol. The molecule has 0 aliphatic rings.